The molecule has 0 aliphatic rings. The lowest BCUT2D eigenvalue weighted by Gasteiger charge is -2.06. The normalized spacial score (nSPS) is 11.7. The molecule has 0 atom stereocenters. The predicted molar refractivity (Wildman–Crippen MR) is 83.4 cm³/mol. The molecule has 0 fully saturated rings. The molecule has 0 saturated carbocycles. The highest BCUT2D eigenvalue weighted by Crippen LogP contribution is 2.35. The van der Waals surface area contributed by atoms with Crippen LogP contribution in [0.15, 0.2) is 51.9 Å². The van der Waals surface area contributed by atoms with Gasteiger partial charge in [-0.25, -0.2) is 22.3 Å². The summed E-state index contributed by atoms with van der Waals surface area (Å²) in [5.74, 6) is -1.59. The second-order valence-electron chi connectivity index (χ2n) is 5.16. The second kappa shape index (κ2) is 5.81. The van der Waals surface area contributed by atoms with Crippen LogP contribution in [-0.4, -0.2) is 13.6 Å². The topological polar surface area (TPSA) is 86.2 Å². The minimum absolute atomic E-state index is 0.0724. The van der Waals surface area contributed by atoms with Crippen LogP contribution in [0.5, 0.6) is 0 Å². The van der Waals surface area contributed by atoms with E-state index < -0.39 is 21.7 Å². The minimum atomic E-state index is -3.88. The average Bonchev–Trinajstić information content (AvgIpc) is 2.91. The quantitative estimate of drug-likeness (QED) is 0.786. The molecule has 0 unspecified atom stereocenters. The summed E-state index contributed by atoms with van der Waals surface area (Å²) >= 11 is 0. The van der Waals surface area contributed by atoms with E-state index in [9.17, 15) is 17.2 Å². The third-order valence-electron chi connectivity index (χ3n) is 3.51. The van der Waals surface area contributed by atoms with Crippen molar-refractivity contribution in [2.24, 2.45) is 5.14 Å². The number of aryl methyl sites for hydroxylation is 1. The molecule has 1 aromatic heterocycles. The first-order valence-corrected chi connectivity index (χ1v) is 8.37. The molecule has 5 nitrogen and oxygen atoms in total. The molecule has 1 heterocycles. The van der Waals surface area contributed by atoms with Gasteiger partial charge >= 0.3 is 0 Å². The Morgan fingerprint density at radius 1 is 1.04 bits per heavy atom. The number of hydrogen-bond acceptors (Lipinski definition) is 4. The molecule has 0 aliphatic carbocycles. The summed E-state index contributed by atoms with van der Waals surface area (Å²) in [6, 6.07) is 9.26. The largest absolute Gasteiger partial charge is 0.360 e. The van der Waals surface area contributed by atoms with Gasteiger partial charge in [-0.15, -0.1) is 0 Å². The first-order valence-electron chi connectivity index (χ1n) is 6.82. The fraction of sp³-hybridized carbons (Fsp3) is 0.0625. The number of rotatable bonds is 3. The molecule has 124 valence electrons. The van der Waals surface area contributed by atoms with Crippen LogP contribution in [0.4, 0.5) is 8.78 Å². The minimum Gasteiger partial charge on any atom is -0.360 e. The molecular weight excluding hydrogens is 338 g/mol. The van der Waals surface area contributed by atoms with Crippen molar-refractivity contribution in [1.29, 1.82) is 0 Å². The Bertz CT molecular complexity index is 1030. The maximum absolute atomic E-state index is 13.5. The lowest BCUT2D eigenvalue weighted by Crippen LogP contribution is -2.11. The molecule has 3 rings (SSSR count). The molecule has 8 heteroatoms. The SMILES string of the molecule is Cc1onc(-c2ccc(F)c(F)c2)c1-c1cccc(S(N)(=O)=O)c1. The van der Waals surface area contributed by atoms with Gasteiger partial charge in [0.1, 0.15) is 11.5 Å². The summed E-state index contributed by atoms with van der Waals surface area (Å²) in [6.07, 6.45) is 0. The van der Waals surface area contributed by atoms with Crippen molar-refractivity contribution in [1.82, 2.24) is 5.16 Å². The van der Waals surface area contributed by atoms with E-state index >= 15 is 0 Å². The van der Waals surface area contributed by atoms with E-state index in [1.165, 1.54) is 24.3 Å². The number of sulfonamides is 1. The summed E-state index contributed by atoms with van der Waals surface area (Å²) in [4.78, 5) is -0.0724. The van der Waals surface area contributed by atoms with Crippen molar-refractivity contribution in [2.45, 2.75) is 11.8 Å². The Balaban J connectivity index is 2.20. The molecule has 2 aromatic carbocycles. The molecule has 0 amide bonds. The number of nitrogens with zero attached hydrogens (tertiary/aromatic N) is 1. The first kappa shape index (κ1) is 16.3. The average molecular weight is 350 g/mol. The van der Waals surface area contributed by atoms with Crippen molar-refractivity contribution in [3.05, 3.63) is 59.9 Å². The molecule has 0 aliphatic heterocycles. The molecule has 2 N–H and O–H groups in total. The highest BCUT2D eigenvalue weighted by molar-refractivity contribution is 7.89. The fourth-order valence-electron chi connectivity index (χ4n) is 2.38. The van der Waals surface area contributed by atoms with Gasteiger partial charge in [0, 0.05) is 5.56 Å². The zero-order valence-electron chi connectivity index (χ0n) is 12.5. The van der Waals surface area contributed by atoms with Gasteiger partial charge in [-0.1, -0.05) is 17.3 Å². The van der Waals surface area contributed by atoms with Crippen molar-refractivity contribution in [2.75, 3.05) is 0 Å². The van der Waals surface area contributed by atoms with Crippen LogP contribution in [0.1, 0.15) is 5.76 Å². The van der Waals surface area contributed by atoms with Gasteiger partial charge in [0.05, 0.1) is 10.5 Å². The van der Waals surface area contributed by atoms with E-state index in [1.54, 1.807) is 13.0 Å². The molecule has 0 bridgehead atoms. The fourth-order valence-corrected chi connectivity index (χ4v) is 2.94. The molecule has 0 radical (unpaired) electrons. The van der Waals surface area contributed by atoms with Gasteiger partial charge in [0.2, 0.25) is 10.0 Å². The Kier molecular flexibility index (Phi) is 3.94. The Hall–Kier alpha value is -2.58. The van der Waals surface area contributed by atoms with Crippen LogP contribution in [0.25, 0.3) is 22.4 Å². The van der Waals surface area contributed by atoms with Crippen molar-refractivity contribution in [3.8, 4) is 22.4 Å². The number of halogens is 2. The Morgan fingerprint density at radius 2 is 1.79 bits per heavy atom. The van der Waals surface area contributed by atoms with Gasteiger partial charge in [0.25, 0.3) is 0 Å². The van der Waals surface area contributed by atoms with Gasteiger partial charge in [-0.2, -0.15) is 0 Å². The molecule has 24 heavy (non-hydrogen) atoms. The molecule has 0 saturated heterocycles. The summed E-state index contributed by atoms with van der Waals surface area (Å²) in [5, 5.41) is 9.02. The van der Waals surface area contributed by atoms with E-state index in [2.05, 4.69) is 5.16 Å². The summed E-state index contributed by atoms with van der Waals surface area (Å²) in [5.41, 5.74) is 1.55. The number of hydrogen-bond donors (Lipinski definition) is 1. The van der Waals surface area contributed by atoms with Crippen molar-refractivity contribution in [3.63, 3.8) is 0 Å². The van der Waals surface area contributed by atoms with Crippen LogP contribution in [0.3, 0.4) is 0 Å². The molecule has 3 aromatic rings. The lowest BCUT2D eigenvalue weighted by molar-refractivity contribution is 0.400. The van der Waals surface area contributed by atoms with Gasteiger partial charge < -0.3 is 4.52 Å². The van der Waals surface area contributed by atoms with Crippen LogP contribution in [-0.2, 0) is 10.0 Å². The number of primary sulfonamides is 1. The zero-order valence-corrected chi connectivity index (χ0v) is 13.3. The number of aromatic nitrogens is 1. The van der Waals surface area contributed by atoms with E-state index in [0.29, 0.717) is 22.5 Å². The van der Waals surface area contributed by atoms with Gasteiger partial charge in [0.15, 0.2) is 11.6 Å². The second-order valence-corrected chi connectivity index (χ2v) is 6.73. The third kappa shape index (κ3) is 2.93. The first-order chi connectivity index (χ1) is 11.3. The monoisotopic (exact) mass is 350 g/mol. The highest BCUT2D eigenvalue weighted by atomic mass is 32.2. The predicted octanol–water partition coefficient (Wildman–Crippen LogP) is 3.24. The standard InChI is InChI=1S/C16H12F2N2O3S/c1-9-15(10-3-2-4-12(7-10)24(19,21)22)16(20-23-9)11-5-6-13(17)14(18)8-11/h2-8H,1H3,(H2,19,21,22). The van der Waals surface area contributed by atoms with Gasteiger partial charge in [-0.3, -0.25) is 0 Å². The number of nitrogens with two attached hydrogens (primary N) is 1. The van der Waals surface area contributed by atoms with E-state index in [4.69, 9.17) is 9.66 Å². The molecular formula is C16H12F2N2O3S. The smallest absolute Gasteiger partial charge is 0.238 e. The summed E-state index contributed by atoms with van der Waals surface area (Å²) in [7, 11) is -3.88. The van der Waals surface area contributed by atoms with E-state index in [1.807, 2.05) is 0 Å². The third-order valence-corrected chi connectivity index (χ3v) is 4.42. The molecule has 0 spiro atoms. The highest BCUT2D eigenvalue weighted by Gasteiger charge is 2.19. The Labute approximate surface area is 136 Å². The summed E-state index contributed by atoms with van der Waals surface area (Å²) < 4.78 is 54.8. The van der Waals surface area contributed by atoms with Crippen LogP contribution in [0, 0.1) is 18.6 Å². The summed E-state index contributed by atoms with van der Waals surface area (Å²) in [6.45, 7) is 1.63. The van der Waals surface area contributed by atoms with Gasteiger partial charge in [-0.05, 0) is 42.8 Å². The number of benzene rings is 2. The van der Waals surface area contributed by atoms with E-state index in [-0.39, 0.29) is 10.6 Å². The van der Waals surface area contributed by atoms with Crippen molar-refractivity contribution < 1.29 is 21.7 Å². The Morgan fingerprint density at radius 3 is 2.46 bits per heavy atom. The van der Waals surface area contributed by atoms with Crippen LogP contribution >= 0.6 is 0 Å². The van der Waals surface area contributed by atoms with Crippen LogP contribution in [0.2, 0.25) is 0 Å². The van der Waals surface area contributed by atoms with Crippen LogP contribution < -0.4 is 5.14 Å². The lowest BCUT2D eigenvalue weighted by atomic mass is 9.99. The maximum Gasteiger partial charge on any atom is 0.238 e. The zero-order chi connectivity index (χ0) is 17.5. The van der Waals surface area contributed by atoms with E-state index in [0.717, 1.165) is 12.1 Å². The maximum atomic E-state index is 13.5. The van der Waals surface area contributed by atoms with Crippen molar-refractivity contribution >= 4 is 10.0 Å².